The van der Waals surface area contributed by atoms with Crippen molar-refractivity contribution in [2.24, 2.45) is 0 Å². The Morgan fingerprint density at radius 2 is 2.09 bits per heavy atom. The smallest absolute Gasteiger partial charge is 0.365 e. The van der Waals surface area contributed by atoms with Crippen LogP contribution in [0.2, 0.25) is 0 Å². The lowest BCUT2D eigenvalue weighted by molar-refractivity contribution is -0.661. The van der Waals surface area contributed by atoms with Crippen molar-refractivity contribution in [3.05, 3.63) is 29.8 Å². The van der Waals surface area contributed by atoms with Crippen LogP contribution in [0.5, 0.6) is 0 Å². The Labute approximate surface area is 134 Å². The fourth-order valence-electron chi connectivity index (χ4n) is 3.89. The summed E-state index contributed by atoms with van der Waals surface area (Å²) in [6.07, 6.45) is 1.96. The lowest BCUT2D eigenvalue weighted by atomic mass is 9.79. The molecule has 3 N–H and O–H groups in total. The third-order valence-electron chi connectivity index (χ3n) is 5.20. The van der Waals surface area contributed by atoms with Crippen molar-refractivity contribution >= 4 is 17.6 Å². The first kappa shape index (κ1) is 14.7. The van der Waals surface area contributed by atoms with Crippen LogP contribution in [0, 0.1) is 0 Å². The lowest BCUT2D eigenvalue weighted by Gasteiger charge is -2.23. The molecule has 3 aliphatic heterocycles. The fourth-order valence-corrected chi connectivity index (χ4v) is 3.89. The van der Waals surface area contributed by atoms with Crippen molar-refractivity contribution in [2.45, 2.75) is 36.8 Å². The first-order valence-electron chi connectivity index (χ1n) is 8.21. The summed E-state index contributed by atoms with van der Waals surface area (Å²) in [4.78, 5) is 25.0. The molecule has 122 valence electrons. The molecule has 6 heteroatoms. The molecule has 1 aromatic rings. The predicted octanol–water partition coefficient (Wildman–Crippen LogP) is -0.0656. The number of quaternary nitrogens is 1. The Morgan fingerprint density at radius 1 is 1.30 bits per heavy atom. The number of esters is 1. The van der Waals surface area contributed by atoms with Crippen molar-refractivity contribution < 1.29 is 24.4 Å². The number of para-hydroxylation sites is 1. The number of carbonyl (C=O) groups is 2. The summed E-state index contributed by atoms with van der Waals surface area (Å²) in [6, 6.07) is 7.43. The number of anilines is 1. The van der Waals surface area contributed by atoms with Gasteiger partial charge in [-0.25, -0.2) is 4.79 Å². The van der Waals surface area contributed by atoms with Crippen LogP contribution in [0.1, 0.15) is 24.8 Å². The molecular weight excluding hydrogens is 296 g/mol. The molecule has 2 atom stereocenters. The van der Waals surface area contributed by atoms with Crippen molar-refractivity contribution in [2.75, 3.05) is 25.1 Å². The van der Waals surface area contributed by atoms with E-state index >= 15 is 0 Å². The van der Waals surface area contributed by atoms with E-state index in [1.807, 2.05) is 29.6 Å². The van der Waals surface area contributed by atoms with E-state index in [0.717, 1.165) is 24.1 Å². The van der Waals surface area contributed by atoms with Gasteiger partial charge in [-0.3, -0.25) is 4.79 Å². The summed E-state index contributed by atoms with van der Waals surface area (Å²) >= 11 is 0. The van der Waals surface area contributed by atoms with Crippen LogP contribution in [-0.2, 0) is 24.5 Å². The average Bonchev–Trinajstić information content (AvgIpc) is 3.13. The molecule has 23 heavy (non-hydrogen) atoms. The number of ether oxygens (including phenoxy) is 2. The van der Waals surface area contributed by atoms with E-state index < -0.39 is 5.41 Å². The third-order valence-corrected chi connectivity index (χ3v) is 5.20. The number of hydrogen-bond donors (Lipinski definition) is 2. The van der Waals surface area contributed by atoms with Crippen LogP contribution in [0.3, 0.4) is 0 Å². The van der Waals surface area contributed by atoms with E-state index in [9.17, 15) is 9.59 Å². The van der Waals surface area contributed by atoms with Crippen molar-refractivity contribution in [1.29, 1.82) is 0 Å². The normalized spacial score (nSPS) is 30.3. The van der Waals surface area contributed by atoms with Crippen LogP contribution >= 0.6 is 0 Å². The van der Waals surface area contributed by atoms with Gasteiger partial charge >= 0.3 is 5.97 Å². The number of benzene rings is 1. The van der Waals surface area contributed by atoms with Gasteiger partial charge in [0, 0.05) is 24.9 Å². The zero-order chi connectivity index (χ0) is 15.9. The molecule has 6 nitrogen and oxygen atoms in total. The molecule has 2 fully saturated rings. The monoisotopic (exact) mass is 317 g/mol. The minimum Gasteiger partial charge on any atom is -0.458 e. The van der Waals surface area contributed by atoms with Gasteiger partial charge in [0.05, 0.1) is 19.8 Å². The van der Waals surface area contributed by atoms with Crippen molar-refractivity contribution in [3.8, 4) is 0 Å². The maximum absolute atomic E-state index is 12.5. The van der Waals surface area contributed by atoms with Gasteiger partial charge in [0.2, 0.25) is 5.91 Å². The zero-order valence-corrected chi connectivity index (χ0v) is 12.9. The lowest BCUT2D eigenvalue weighted by Crippen LogP contribution is -2.89. The van der Waals surface area contributed by atoms with Crippen molar-refractivity contribution in [3.63, 3.8) is 0 Å². The standard InChI is InChI=1S/C17H20N2O4/c20-15(23-11-5-7-22-8-6-11)14-9-17(10-18-14)12-3-1-2-4-13(12)19-16(17)21/h1-4,11,14,18H,5-10H2,(H,19,21)/p+1/t14-,17-/m1/s1. The van der Waals surface area contributed by atoms with Gasteiger partial charge in [0.25, 0.3) is 0 Å². The Hall–Kier alpha value is -1.92. The number of rotatable bonds is 2. The zero-order valence-electron chi connectivity index (χ0n) is 12.9. The van der Waals surface area contributed by atoms with Gasteiger partial charge in [-0.15, -0.1) is 0 Å². The second-order valence-electron chi connectivity index (χ2n) is 6.58. The van der Waals surface area contributed by atoms with E-state index in [-0.39, 0.29) is 24.0 Å². The molecule has 1 aromatic carbocycles. The molecule has 3 heterocycles. The van der Waals surface area contributed by atoms with Crippen LogP contribution < -0.4 is 10.6 Å². The minimum absolute atomic E-state index is 0.00341. The molecule has 4 rings (SSSR count). The van der Waals surface area contributed by atoms with E-state index in [0.29, 0.717) is 26.2 Å². The van der Waals surface area contributed by atoms with Crippen molar-refractivity contribution in [1.82, 2.24) is 0 Å². The molecule has 3 aliphatic rings. The number of amides is 1. The molecule has 1 amide bonds. The Morgan fingerprint density at radius 3 is 2.91 bits per heavy atom. The fraction of sp³-hybridized carbons (Fsp3) is 0.529. The first-order valence-corrected chi connectivity index (χ1v) is 8.21. The molecular formula is C17H21N2O4+. The third kappa shape index (κ3) is 2.42. The van der Waals surface area contributed by atoms with Gasteiger partial charge in [0.15, 0.2) is 6.04 Å². The Balaban J connectivity index is 1.48. The summed E-state index contributed by atoms with van der Waals surface area (Å²) in [5.74, 6) is -0.206. The topological polar surface area (TPSA) is 81.2 Å². The number of nitrogens with two attached hydrogens (primary N) is 1. The average molecular weight is 317 g/mol. The molecule has 0 unspecified atom stereocenters. The quantitative estimate of drug-likeness (QED) is 0.749. The van der Waals surface area contributed by atoms with Gasteiger partial charge < -0.3 is 20.1 Å². The van der Waals surface area contributed by atoms with Crippen LogP contribution in [0.25, 0.3) is 0 Å². The molecule has 0 aromatic heterocycles. The van der Waals surface area contributed by atoms with Gasteiger partial charge in [-0.1, -0.05) is 18.2 Å². The number of hydrogen-bond acceptors (Lipinski definition) is 4. The second-order valence-corrected chi connectivity index (χ2v) is 6.58. The summed E-state index contributed by atoms with van der Waals surface area (Å²) in [7, 11) is 0. The summed E-state index contributed by atoms with van der Waals surface area (Å²) in [5.41, 5.74) is 1.27. The SMILES string of the molecule is O=C(OC1CCOCC1)[C@H]1C[C@]2(C[NH2+]1)C(=O)Nc1ccccc12. The molecule has 0 saturated carbocycles. The van der Waals surface area contributed by atoms with E-state index in [1.54, 1.807) is 0 Å². The second kappa shape index (κ2) is 5.62. The molecule has 0 radical (unpaired) electrons. The summed E-state index contributed by atoms with van der Waals surface area (Å²) in [5, 5.41) is 4.89. The Kier molecular flexibility index (Phi) is 3.58. The molecule has 0 aliphatic carbocycles. The minimum atomic E-state index is -0.601. The van der Waals surface area contributed by atoms with E-state index in [1.165, 1.54) is 0 Å². The summed E-state index contributed by atoms with van der Waals surface area (Å²) < 4.78 is 10.9. The van der Waals surface area contributed by atoms with Crippen LogP contribution in [0.15, 0.2) is 24.3 Å². The largest absolute Gasteiger partial charge is 0.458 e. The van der Waals surface area contributed by atoms with Crippen LogP contribution in [0.4, 0.5) is 5.69 Å². The highest BCUT2D eigenvalue weighted by molar-refractivity contribution is 6.06. The number of fused-ring (bicyclic) bond motifs is 2. The van der Waals surface area contributed by atoms with Gasteiger partial charge in [0.1, 0.15) is 11.5 Å². The number of nitrogens with one attached hydrogen (secondary N) is 1. The van der Waals surface area contributed by atoms with Gasteiger partial charge in [-0.05, 0) is 11.6 Å². The first-order chi connectivity index (χ1) is 11.2. The van der Waals surface area contributed by atoms with Crippen LogP contribution in [-0.4, -0.2) is 43.8 Å². The molecule has 2 saturated heterocycles. The highest BCUT2D eigenvalue weighted by Gasteiger charge is 2.56. The van der Waals surface area contributed by atoms with E-state index in [4.69, 9.17) is 9.47 Å². The highest BCUT2D eigenvalue weighted by Crippen LogP contribution is 2.41. The highest BCUT2D eigenvalue weighted by atomic mass is 16.6. The molecule has 1 spiro atoms. The number of carbonyl (C=O) groups excluding carboxylic acids is 2. The Bertz CT molecular complexity index is 641. The molecule has 0 bridgehead atoms. The van der Waals surface area contributed by atoms with Gasteiger partial charge in [-0.2, -0.15) is 0 Å². The summed E-state index contributed by atoms with van der Waals surface area (Å²) in [6.45, 7) is 1.88. The maximum atomic E-state index is 12.5. The maximum Gasteiger partial charge on any atom is 0.365 e. The van der Waals surface area contributed by atoms with E-state index in [2.05, 4.69) is 5.32 Å². The predicted molar refractivity (Wildman–Crippen MR) is 81.9 cm³/mol.